The quantitative estimate of drug-likeness (QED) is 0.768. The summed E-state index contributed by atoms with van der Waals surface area (Å²) in [5.74, 6) is -0.343. The van der Waals surface area contributed by atoms with Crippen molar-refractivity contribution < 1.29 is 4.39 Å². The number of anilines is 1. The van der Waals surface area contributed by atoms with Crippen LogP contribution in [0, 0.1) is 5.82 Å². The van der Waals surface area contributed by atoms with Gasteiger partial charge in [0.05, 0.1) is 34.2 Å². The van der Waals surface area contributed by atoms with E-state index in [1.807, 2.05) is 31.2 Å². The summed E-state index contributed by atoms with van der Waals surface area (Å²) in [5, 5.41) is 4.90. The third kappa shape index (κ3) is 2.81. The molecule has 1 aromatic carbocycles. The molecule has 0 saturated carbocycles. The van der Waals surface area contributed by atoms with Crippen LogP contribution in [0.2, 0.25) is 5.02 Å². The monoisotopic (exact) mass is 301 g/mol. The molecule has 0 amide bonds. The minimum atomic E-state index is -0.343. The first-order valence-corrected chi connectivity index (χ1v) is 6.94. The van der Waals surface area contributed by atoms with Crippen LogP contribution in [0.5, 0.6) is 0 Å². The van der Waals surface area contributed by atoms with E-state index in [2.05, 4.69) is 15.3 Å². The first-order valence-electron chi connectivity index (χ1n) is 6.56. The largest absolute Gasteiger partial charge is 0.375 e. The van der Waals surface area contributed by atoms with Crippen molar-refractivity contribution in [3.05, 3.63) is 65.3 Å². The molecular formula is C16H13ClFN3. The van der Waals surface area contributed by atoms with Crippen LogP contribution in [0.15, 0.2) is 48.8 Å². The Kier molecular flexibility index (Phi) is 3.71. The lowest BCUT2D eigenvalue weighted by Crippen LogP contribution is -2.09. The molecule has 0 aliphatic carbocycles. The van der Waals surface area contributed by atoms with Crippen LogP contribution >= 0.6 is 11.6 Å². The molecule has 1 unspecified atom stereocenters. The standard InChI is InChI=1S/C16H13ClFN3/c1-10(14-6-4-11(18)9-20-14)21-15-7-5-13(17)12-3-2-8-19-16(12)15/h2-10,21H,1H3. The summed E-state index contributed by atoms with van der Waals surface area (Å²) in [5.41, 5.74) is 2.43. The molecule has 0 aliphatic rings. The zero-order chi connectivity index (χ0) is 14.8. The van der Waals surface area contributed by atoms with Crippen molar-refractivity contribution in [3.8, 4) is 0 Å². The van der Waals surface area contributed by atoms with Crippen molar-refractivity contribution in [3.63, 3.8) is 0 Å². The van der Waals surface area contributed by atoms with Gasteiger partial charge in [-0.15, -0.1) is 0 Å². The van der Waals surface area contributed by atoms with Crippen molar-refractivity contribution in [2.24, 2.45) is 0 Å². The Morgan fingerprint density at radius 1 is 1.14 bits per heavy atom. The van der Waals surface area contributed by atoms with Gasteiger partial charge in [-0.1, -0.05) is 11.6 Å². The number of nitrogens with zero attached hydrogens (tertiary/aromatic N) is 2. The topological polar surface area (TPSA) is 37.8 Å². The van der Waals surface area contributed by atoms with E-state index in [0.717, 1.165) is 22.3 Å². The van der Waals surface area contributed by atoms with E-state index in [4.69, 9.17) is 11.6 Å². The highest BCUT2D eigenvalue weighted by molar-refractivity contribution is 6.35. The Morgan fingerprint density at radius 2 is 2.00 bits per heavy atom. The molecular weight excluding hydrogens is 289 g/mol. The van der Waals surface area contributed by atoms with E-state index in [9.17, 15) is 4.39 Å². The van der Waals surface area contributed by atoms with Crippen LogP contribution in [-0.2, 0) is 0 Å². The smallest absolute Gasteiger partial charge is 0.141 e. The molecule has 1 N–H and O–H groups in total. The number of rotatable bonds is 3. The van der Waals surface area contributed by atoms with Crippen molar-refractivity contribution in [1.82, 2.24) is 9.97 Å². The van der Waals surface area contributed by atoms with E-state index in [-0.39, 0.29) is 11.9 Å². The summed E-state index contributed by atoms with van der Waals surface area (Å²) >= 11 is 6.18. The lowest BCUT2D eigenvalue weighted by atomic mass is 10.1. The third-order valence-corrected chi connectivity index (χ3v) is 3.61. The van der Waals surface area contributed by atoms with Crippen LogP contribution < -0.4 is 5.32 Å². The van der Waals surface area contributed by atoms with Gasteiger partial charge < -0.3 is 5.32 Å². The first kappa shape index (κ1) is 13.8. The molecule has 5 heteroatoms. The second kappa shape index (κ2) is 5.66. The van der Waals surface area contributed by atoms with Gasteiger partial charge in [0.15, 0.2) is 0 Å². The Bertz CT molecular complexity index is 774. The molecule has 106 valence electrons. The van der Waals surface area contributed by atoms with Crippen molar-refractivity contribution in [2.75, 3.05) is 5.32 Å². The maximum absolute atomic E-state index is 12.9. The SMILES string of the molecule is CC(Nc1ccc(Cl)c2cccnc12)c1ccc(F)cn1. The van der Waals surface area contributed by atoms with Gasteiger partial charge in [-0.25, -0.2) is 4.39 Å². The second-order valence-electron chi connectivity index (χ2n) is 4.76. The summed E-state index contributed by atoms with van der Waals surface area (Å²) in [6.45, 7) is 1.96. The summed E-state index contributed by atoms with van der Waals surface area (Å²) in [7, 11) is 0. The predicted octanol–water partition coefficient (Wildman–Crippen LogP) is 4.60. The molecule has 0 spiro atoms. The number of nitrogens with one attached hydrogen (secondary N) is 1. The fourth-order valence-corrected chi connectivity index (χ4v) is 2.42. The summed E-state index contributed by atoms with van der Waals surface area (Å²) in [4.78, 5) is 8.46. The third-order valence-electron chi connectivity index (χ3n) is 3.28. The zero-order valence-corrected chi connectivity index (χ0v) is 12.1. The molecule has 0 fully saturated rings. The number of hydrogen-bond acceptors (Lipinski definition) is 3. The van der Waals surface area contributed by atoms with Gasteiger partial charge in [-0.3, -0.25) is 9.97 Å². The number of aromatic nitrogens is 2. The summed E-state index contributed by atoms with van der Waals surface area (Å²) in [6, 6.07) is 10.5. The van der Waals surface area contributed by atoms with E-state index >= 15 is 0 Å². The first-order chi connectivity index (χ1) is 10.1. The average molecular weight is 302 g/mol. The van der Waals surface area contributed by atoms with Gasteiger partial charge in [0.2, 0.25) is 0 Å². The Morgan fingerprint density at radius 3 is 2.76 bits per heavy atom. The number of benzene rings is 1. The lowest BCUT2D eigenvalue weighted by Gasteiger charge is -2.16. The Hall–Kier alpha value is -2.20. The molecule has 0 radical (unpaired) electrons. The van der Waals surface area contributed by atoms with Gasteiger partial charge in [0.1, 0.15) is 5.82 Å². The van der Waals surface area contributed by atoms with E-state index in [0.29, 0.717) is 5.02 Å². The highest BCUT2D eigenvalue weighted by Crippen LogP contribution is 2.30. The highest BCUT2D eigenvalue weighted by atomic mass is 35.5. The Labute approximate surface area is 126 Å². The molecule has 0 bridgehead atoms. The van der Waals surface area contributed by atoms with E-state index < -0.39 is 0 Å². The van der Waals surface area contributed by atoms with E-state index in [1.165, 1.54) is 12.3 Å². The number of hydrogen-bond donors (Lipinski definition) is 1. The summed E-state index contributed by atoms with van der Waals surface area (Å²) in [6.07, 6.45) is 2.94. The predicted molar refractivity (Wildman–Crippen MR) is 83.0 cm³/mol. The van der Waals surface area contributed by atoms with Gasteiger partial charge >= 0.3 is 0 Å². The fourth-order valence-electron chi connectivity index (χ4n) is 2.20. The Balaban J connectivity index is 1.95. The maximum Gasteiger partial charge on any atom is 0.141 e. The molecule has 1 atom stereocenters. The average Bonchev–Trinajstić information content (AvgIpc) is 2.51. The van der Waals surface area contributed by atoms with Crippen LogP contribution in [0.1, 0.15) is 18.7 Å². The zero-order valence-electron chi connectivity index (χ0n) is 11.3. The van der Waals surface area contributed by atoms with Crippen LogP contribution in [0.3, 0.4) is 0 Å². The minimum absolute atomic E-state index is 0.0722. The molecule has 3 aromatic rings. The van der Waals surface area contributed by atoms with Crippen molar-refractivity contribution in [1.29, 1.82) is 0 Å². The van der Waals surface area contributed by atoms with Crippen LogP contribution in [-0.4, -0.2) is 9.97 Å². The molecule has 3 rings (SSSR count). The van der Waals surface area contributed by atoms with Crippen molar-refractivity contribution in [2.45, 2.75) is 13.0 Å². The molecule has 0 aliphatic heterocycles. The van der Waals surface area contributed by atoms with Gasteiger partial charge in [0.25, 0.3) is 0 Å². The van der Waals surface area contributed by atoms with Crippen molar-refractivity contribution >= 4 is 28.2 Å². The van der Waals surface area contributed by atoms with Crippen LogP contribution in [0.25, 0.3) is 10.9 Å². The van der Waals surface area contributed by atoms with Gasteiger partial charge in [0, 0.05) is 11.6 Å². The lowest BCUT2D eigenvalue weighted by molar-refractivity contribution is 0.617. The second-order valence-corrected chi connectivity index (χ2v) is 5.17. The molecule has 2 heterocycles. The number of pyridine rings is 2. The van der Waals surface area contributed by atoms with Gasteiger partial charge in [-0.05, 0) is 43.3 Å². The molecule has 3 nitrogen and oxygen atoms in total. The van der Waals surface area contributed by atoms with Crippen LogP contribution in [0.4, 0.5) is 10.1 Å². The summed E-state index contributed by atoms with van der Waals surface area (Å²) < 4.78 is 12.9. The normalized spacial score (nSPS) is 12.3. The highest BCUT2D eigenvalue weighted by Gasteiger charge is 2.11. The van der Waals surface area contributed by atoms with E-state index in [1.54, 1.807) is 12.3 Å². The molecule has 2 aromatic heterocycles. The molecule has 21 heavy (non-hydrogen) atoms. The van der Waals surface area contributed by atoms with Gasteiger partial charge in [-0.2, -0.15) is 0 Å². The number of halogens is 2. The molecule has 0 saturated heterocycles. The fraction of sp³-hybridized carbons (Fsp3) is 0.125. The number of fused-ring (bicyclic) bond motifs is 1. The minimum Gasteiger partial charge on any atom is -0.375 e. The maximum atomic E-state index is 12.9.